The number of nitrogens with zero attached hydrogens (tertiary/aromatic N) is 6. The van der Waals surface area contributed by atoms with Gasteiger partial charge >= 0.3 is 0 Å². The highest BCUT2D eigenvalue weighted by molar-refractivity contribution is 5.77. The standard InChI is InChI=1S/C23H28N6O/c1-27(2)23-24-12-17(13-25-23)14-28-11-5-8-20(28)21-26-19-7-4-3-6-18(19)22(30)29(21)15-16-9-10-16/h3-4,6-7,12-13,16,20H,5,8-11,14-15H2,1-2H3. The van der Waals surface area contributed by atoms with E-state index in [0.29, 0.717) is 11.9 Å². The molecule has 0 bridgehead atoms. The molecule has 2 fully saturated rings. The Bertz CT molecular complexity index is 1100. The fourth-order valence-corrected chi connectivity index (χ4v) is 4.38. The summed E-state index contributed by atoms with van der Waals surface area (Å²) >= 11 is 0. The molecule has 1 aliphatic carbocycles. The molecule has 2 aromatic heterocycles. The molecule has 2 aliphatic rings. The Balaban J connectivity index is 1.49. The van der Waals surface area contributed by atoms with Gasteiger partial charge in [0.2, 0.25) is 5.95 Å². The van der Waals surface area contributed by atoms with Gasteiger partial charge in [-0.2, -0.15) is 0 Å². The zero-order valence-corrected chi connectivity index (χ0v) is 17.7. The first kappa shape index (κ1) is 19.2. The number of hydrogen-bond acceptors (Lipinski definition) is 6. The lowest BCUT2D eigenvalue weighted by Crippen LogP contribution is -2.32. The van der Waals surface area contributed by atoms with Crippen molar-refractivity contribution >= 4 is 16.9 Å². The SMILES string of the molecule is CN(C)c1ncc(CN2CCCC2c2nc3ccccc3c(=O)n2CC2CC2)cn1. The van der Waals surface area contributed by atoms with Crippen molar-refractivity contribution in [3.8, 4) is 0 Å². The Labute approximate surface area is 176 Å². The molecule has 1 saturated carbocycles. The highest BCUT2D eigenvalue weighted by Crippen LogP contribution is 2.35. The van der Waals surface area contributed by atoms with Gasteiger partial charge in [-0.15, -0.1) is 0 Å². The van der Waals surface area contributed by atoms with E-state index in [-0.39, 0.29) is 11.6 Å². The highest BCUT2D eigenvalue weighted by atomic mass is 16.1. The molecule has 0 radical (unpaired) electrons. The summed E-state index contributed by atoms with van der Waals surface area (Å²) in [5.41, 5.74) is 1.99. The van der Waals surface area contributed by atoms with Crippen LogP contribution in [0.15, 0.2) is 41.5 Å². The second-order valence-corrected chi connectivity index (χ2v) is 8.76. The van der Waals surface area contributed by atoms with E-state index in [0.717, 1.165) is 54.8 Å². The summed E-state index contributed by atoms with van der Waals surface area (Å²) in [4.78, 5) is 31.6. The van der Waals surface area contributed by atoms with Crippen LogP contribution in [0.2, 0.25) is 0 Å². The lowest BCUT2D eigenvalue weighted by atomic mass is 10.1. The van der Waals surface area contributed by atoms with Gasteiger partial charge in [0.25, 0.3) is 5.56 Å². The predicted octanol–water partition coefficient (Wildman–Crippen LogP) is 3.00. The molecule has 7 nitrogen and oxygen atoms in total. The normalized spacial score (nSPS) is 19.5. The van der Waals surface area contributed by atoms with E-state index in [4.69, 9.17) is 4.98 Å². The summed E-state index contributed by atoms with van der Waals surface area (Å²) < 4.78 is 1.97. The molecular formula is C23H28N6O. The monoisotopic (exact) mass is 404 g/mol. The van der Waals surface area contributed by atoms with Gasteiger partial charge in [0.15, 0.2) is 0 Å². The van der Waals surface area contributed by atoms with Crippen LogP contribution in [-0.2, 0) is 13.1 Å². The summed E-state index contributed by atoms with van der Waals surface area (Å²) in [7, 11) is 3.88. The van der Waals surface area contributed by atoms with Gasteiger partial charge in [-0.05, 0) is 50.3 Å². The largest absolute Gasteiger partial charge is 0.347 e. The first-order valence-corrected chi connectivity index (χ1v) is 10.8. The molecular weight excluding hydrogens is 376 g/mol. The average Bonchev–Trinajstić information content (AvgIpc) is 3.46. The Morgan fingerprint density at radius 1 is 1.10 bits per heavy atom. The Morgan fingerprint density at radius 2 is 1.87 bits per heavy atom. The number of fused-ring (bicyclic) bond motifs is 1. The zero-order chi connectivity index (χ0) is 20.7. The van der Waals surface area contributed by atoms with Gasteiger partial charge in [-0.25, -0.2) is 15.0 Å². The zero-order valence-electron chi connectivity index (χ0n) is 17.7. The van der Waals surface area contributed by atoms with Gasteiger partial charge in [-0.3, -0.25) is 14.3 Å². The lowest BCUT2D eigenvalue weighted by molar-refractivity contribution is 0.232. The van der Waals surface area contributed by atoms with Crippen molar-refractivity contribution < 1.29 is 0 Å². The smallest absolute Gasteiger partial charge is 0.261 e. The molecule has 3 aromatic rings. The summed E-state index contributed by atoms with van der Waals surface area (Å²) in [6, 6.07) is 7.88. The first-order chi connectivity index (χ1) is 14.6. The molecule has 5 rings (SSSR count). The van der Waals surface area contributed by atoms with Gasteiger partial charge in [0.05, 0.1) is 16.9 Å². The van der Waals surface area contributed by atoms with E-state index < -0.39 is 0 Å². The van der Waals surface area contributed by atoms with Crippen LogP contribution in [0.25, 0.3) is 10.9 Å². The van der Waals surface area contributed by atoms with Crippen molar-refractivity contribution in [2.24, 2.45) is 5.92 Å². The molecule has 1 aromatic carbocycles. The maximum atomic E-state index is 13.3. The fraction of sp³-hybridized carbons (Fsp3) is 0.478. The predicted molar refractivity (Wildman–Crippen MR) is 117 cm³/mol. The van der Waals surface area contributed by atoms with E-state index in [1.807, 2.05) is 60.2 Å². The molecule has 1 saturated heterocycles. The minimum Gasteiger partial charge on any atom is -0.347 e. The summed E-state index contributed by atoms with van der Waals surface area (Å²) in [6.45, 7) is 2.55. The van der Waals surface area contributed by atoms with E-state index in [2.05, 4.69) is 14.9 Å². The number of rotatable bonds is 6. The van der Waals surface area contributed by atoms with Crippen molar-refractivity contribution in [2.75, 3.05) is 25.5 Å². The highest BCUT2D eigenvalue weighted by Gasteiger charge is 2.32. The Kier molecular flexibility index (Phi) is 4.98. The minimum absolute atomic E-state index is 0.105. The van der Waals surface area contributed by atoms with Crippen LogP contribution >= 0.6 is 0 Å². The van der Waals surface area contributed by atoms with Crippen molar-refractivity contribution in [1.82, 2.24) is 24.4 Å². The molecule has 7 heteroatoms. The van der Waals surface area contributed by atoms with Crippen LogP contribution in [0.3, 0.4) is 0 Å². The third kappa shape index (κ3) is 3.69. The van der Waals surface area contributed by atoms with Crippen LogP contribution in [0.1, 0.15) is 43.1 Å². The van der Waals surface area contributed by atoms with Crippen LogP contribution in [0.5, 0.6) is 0 Å². The average molecular weight is 405 g/mol. The third-order valence-electron chi connectivity index (χ3n) is 6.17. The van der Waals surface area contributed by atoms with Gasteiger partial charge < -0.3 is 4.90 Å². The number of benzene rings is 1. The van der Waals surface area contributed by atoms with Crippen molar-refractivity contribution in [3.63, 3.8) is 0 Å². The molecule has 0 amide bonds. The molecule has 1 atom stereocenters. The molecule has 156 valence electrons. The molecule has 1 unspecified atom stereocenters. The molecule has 0 N–H and O–H groups in total. The van der Waals surface area contributed by atoms with E-state index in [9.17, 15) is 4.79 Å². The molecule has 30 heavy (non-hydrogen) atoms. The van der Waals surface area contributed by atoms with Crippen molar-refractivity contribution in [2.45, 2.75) is 44.8 Å². The second kappa shape index (κ2) is 7.80. The van der Waals surface area contributed by atoms with Gasteiger partial charge in [0.1, 0.15) is 5.82 Å². The number of likely N-dealkylation sites (tertiary alicyclic amines) is 1. The maximum Gasteiger partial charge on any atom is 0.261 e. The van der Waals surface area contributed by atoms with Gasteiger partial charge in [-0.1, -0.05) is 12.1 Å². The number of para-hydroxylation sites is 1. The number of hydrogen-bond donors (Lipinski definition) is 0. The quantitative estimate of drug-likeness (QED) is 0.629. The second-order valence-electron chi connectivity index (χ2n) is 8.76. The third-order valence-corrected chi connectivity index (χ3v) is 6.17. The van der Waals surface area contributed by atoms with Gasteiger partial charge in [0, 0.05) is 45.1 Å². The Hall–Kier alpha value is -2.80. The molecule has 0 spiro atoms. The van der Waals surface area contributed by atoms with E-state index >= 15 is 0 Å². The first-order valence-electron chi connectivity index (χ1n) is 10.8. The topological polar surface area (TPSA) is 67.2 Å². The van der Waals surface area contributed by atoms with Crippen molar-refractivity contribution in [3.05, 3.63) is 58.4 Å². The van der Waals surface area contributed by atoms with Crippen LogP contribution < -0.4 is 10.5 Å². The maximum absolute atomic E-state index is 13.3. The molecule has 1 aliphatic heterocycles. The summed E-state index contributed by atoms with van der Waals surface area (Å²) in [6.07, 6.45) is 8.36. The summed E-state index contributed by atoms with van der Waals surface area (Å²) in [5.74, 6) is 2.26. The van der Waals surface area contributed by atoms with Crippen LogP contribution in [-0.4, -0.2) is 45.1 Å². The van der Waals surface area contributed by atoms with Crippen LogP contribution in [0, 0.1) is 5.92 Å². The fourth-order valence-electron chi connectivity index (χ4n) is 4.38. The minimum atomic E-state index is 0.105. The number of anilines is 1. The number of aromatic nitrogens is 4. The summed E-state index contributed by atoms with van der Waals surface area (Å²) in [5, 5.41) is 0.721. The van der Waals surface area contributed by atoms with Crippen LogP contribution in [0.4, 0.5) is 5.95 Å². The van der Waals surface area contributed by atoms with E-state index in [1.165, 1.54) is 12.8 Å². The van der Waals surface area contributed by atoms with Crippen molar-refractivity contribution in [1.29, 1.82) is 0 Å². The lowest BCUT2D eigenvalue weighted by Gasteiger charge is -2.26. The molecule has 3 heterocycles. The Morgan fingerprint density at radius 3 is 2.60 bits per heavy atom. The van der Waals surface area contributed by atoms with E-state index in [1.54, 1.807) is 0 Å².